The third-order valence-corrected chi connectivity index (χ3v) is 5.29. The molecule has 0 bridgehead atoms. The van der Waals surface area contributed by atoms with E-state index in [1.807, 2.05) is 32.4 Å². The summed E-state index contributed by atoms with van der Waals surface area (Å²) in [6, 6.07) is 4.26. The van der Waals surface area contributed by atoms with Crippen molar-refractivity contribution < 1.29 is 18.7 Å². The number of hydrogen-bond donors (Lipinski definition) is 0. The van der Waals surface area contributed by atoms with Crippen molar-refractivity contribution in [1.29, 1.82) is 0 Å². The Bertz CT molecular complexity index is 1050. The zero-order valence-corrected chi connectivity index (χ0v) is 18.5. The lowest BCUT2D eigenvalue weighted by molar-refractivity contribution is -0.140. The molecule has 1 aliphatic heterocycles. The molecule has 2 heterocycles. The minimum Gasteiger partial charge on any atom is -0.459 e. The average Bonchev–Trinajstić information content (AvgIpc) is 2.88. The van der Waals surface area contributed by atoms with Crippen LogP contribution in [0, 0.1) is 19.7 Å². The van der Waals surface area contributed by atoms with Gasteiger partial charge in [-0.3, -0.25) is 4.79 Å². The Labute approximate surface area is 176 Å². The lowest BCUT2D eigenvalue weighted by Crippen LogP contribution is -2.38. The van der Waals surface area contributed by atoms with Crippen molar-refractivity contribution in [2.24, 2.45) is 7.05 Å². The number of benzene rings is 1. The molecule has 0 saturated heterocycles. The predicted molar refractivity (Wildman–Crippen MR) is 112 cm³/mol. The smallest absolute Gasteiger partial charge is 0.342 e. The molecule has 1 aromatic carbocycles. The Morgan fingerprint density at radius 2 is 1.90 bits per heavy atom. The molecule has 30 heavy (non-hydrogen) atoms. The third kappa shape index (κ3) is 3.88. The summed E-state index contributed by atoms with van der Waals surface area (Å²) < 4.78 is 21.1. The van der Waals surface area contributed by atoms with E-state index in [4.69, 9.17) is 4.74 Å². The molecule has 0 saturated carbocycles. The largest absolute Gasteiger partial charge is 0.459 e. The van der Waals surface area contributed by atoms with Crippen molar-refractivity contribution in [3.05, 3.63) is 58.6 Å². The zero-order valence-electron chi connectivity index (χ0n) is 18.5. The number of amides is 1. The number of aromatic nitrogens is 2. The minimum absolute atomic E-state index is 0.236. The van der Waals surface area contributed by atoms with Crippen LogP contribution < -0.4 is 0 Å². The van der Waals surface area contributed by atoms with Crippen LogP contribution in [0.25, 0.3) is 5.57 Å². The molecule has 0 atom stereocenters. The van der Waals surface area contributed by atoms with Crippen LogP contribution in [0.4, 0.5) is 4.39 Å². The minimum atomic E-state index is -0.532. The Morgan fingerprint density at radius 3 is 2.50 bits per heavy atom. The van der Waals surface area contributed by atoms with Gasteiger partial charge >= 0.3 is 5.97 Å². The zero-order chi connectivity index (χ0) is 22.4. The first-order chi connectivity index (χ1) is 13.9. The van der Waals surface area contributed by atoms with Gasteiger partial charge in [0.05, 0.1) is 11.8 Å². The van der Waals surface area contributed by atoms with E-state index in [1.54, 1.807) is 20.8 Å². The van der Waals surface area contributed by atoms with Crippen LogP contribution >= 0.6 is 0 Å². The quantitative estimate of drug-likeness (QED) is 0.716. The summed E-state index contributed by atoms with van der Waals surface area (Å²) in [6.07, 6.45) is 1.21. The molecule has 1 aliphatic rings. The number of fused-ring (bicyclic) bond motifs is 1. The van der Waals surface area contributed by atoms with Gasteiger partial charge in [0.15, 0.2) is 0 Å². The first-order valence-corrected chi connectivity index (χ1v) is 9.96. The lowest BCUT2D eigenvalue weighted by atomic mass is 9.86. The maximum atomic E-state index is 13.7. The fourth-order valence-electron chi connectivity index (χ4n) is 3.84. The van der Waals surface area contributed by atoms with E-state index in [-0.39, 0.29) is 23.4 Å². The van der Waals surface area contributed by atoms with Crippen molar-refractivity contribution in [2.75, 3.05) is 6.54 Å². The molecule has 160 valence electrons. The Hall–Kier alpha value is -2.96. The summed E-state index contributed by atoms with van der Waals surface area (Å²) in [5.74, 6) is -0.447. The highest BCUT2D eigenvalue weighted by molar-refractivity contribution is 6.17. The maximum Gasteiger partial charge on any atom is 0.342 e. The topological polar surface area (TPSA) is 64.4 Å². The Morgan fingerprint density at radius 1 is 1.23 bits per heavy atom. The summed E-state index contributed by atoms with van der Waals surface area (Å²) in [7, 11) is 1.90. The second kappa shape index (κ2) is 7.70. The van der Waals surface area contributed by atoms with E-state index in [0.717, 1.165) is 11.5 Å². The van der Waals surface area contributed by atoms with Gasteiger partial charge in [0, 0.05) is 30.8 Å². The monoisotopic (exact) mass is 413 g/mol. The standard InChI is InChI=1S/C23H28FN3O3/c1-13(2)30-22(29)17-11-27(21(28)16-8-9-18(24)14(3)10-16)12-23(5,6)20-19(17)25-15(4)26(20)7/h8-11,13H,12H2,1-7H3. The van der Waals surface area contributed by atoms with Gasteiger partial charge in [0.1, 0.15) is 22.9 Å². The summed E-state index contributed by atoms with van der Waals surface area (Å²) in [6.45, 7) is 11.4. The van der Waals surface area contributed by atoms with E-state index in [9.17, 15) is 14.0 Å². The number of halogens is 1. The molecule has 0 unspecified atom stereocenters. The van der Waals surface area contributed by atoms with Crippen molar-refractivity contribution in [2.45, 2.75) is 53.1 Å². The molecule has 0 N–H and O–H groups in total. The predicted octanol–water partition coefficient (Wildman–Crippen LogP) is 3.90. The van der Waals surface area contributed by atoms with Crippen molar-refractivity contribution in [1.82, 2.24) is 14.5 Å². The highest BCUT2D eigenvalue weighted by atomic mass is 19.1. The molecule has 0 spiro atoms. The van der Waals surface area contributed by atoms with E-state index >= 15 is 0 Å². The molecule has 6 nitrogen and oxygen atoms in total. The average molecular weight is 413 g/mol. The fourth-order valence-corrected chi connectivity index (χ4v) is 3.84. The third-order valence-electron chi connectivity index (χ3n) is 5.29. The molecule has 1 aromatic heterocycles. The first-order valence-electron chi connectivity index (χ1n) is 9.96. The number of rotatable bonds is 3. The van der Waals surface area contributed by atoms with Crippen LogP contribution in [0.3, 0.4) is 0 Å². The van der Waals surface area contributed by atoms with Crippen LogP contribution in [-0.2, 0) is 22.0 Å². The molecule has 0 aliphatic carbocycles. The van der Waals surface area contributed by atoms with Gasteiger partial charge in [0.25, 0.3) is 5.91 Å². The molecule has 2 aromatic rings. The first kappa shape index (κ1) is 21.7. The summed E-state index contributed by atoms with van der Waals surface area (Å²) in [5, 5.41) is 0. The molecular formula is C23H28FN3O3. The van der Waals surface area contributed by atoms with Crippen LogP contribution in [-0.4, -0.2) is 39.0 Å². The second-order valence-corrected chi connectivity index (χ2v) is 8.69. The van der Waals surface area contributed by atoms with Gasteiger partial charge in [-0.1, -0.05) is 13.8 Å². The second-order valence-electron chi connectivity index (χ2n) is 8.69. The maximum absolute atomic E-state index is 13.7. The molecule has 3 rings (SSSR count). The van der Waals surface area contributed by atoms with Gasteiger partial charge in [-0.05, 0) is 51.5 Å². The number of carbonyl (C=O) groups excluding carboxylic acids is 2. The van der Waals surface area contributed by atoms with Crippen molar-refractivity contribution >= 4 is 17.4 Å². The Kier molecular flexibility index (Phi) is 5.58. The highest BCUT2D eigenvalue weighted by Gasteiger charge is 2.38. The van der Waals surface area contributed by atoms with Gasteiger partial charge in [-0.15, -0.1) is 0 Å². The summed E-state index contributed by atoms with van der Waals surface area (Å²) in [4.78, 5) is 32.3. The Balaban J connectivity index is 2.15. The van der Waals surface area contributed by atoms with Gasteiger partial charge in [-0.25, -0.2) is 14.2 Å². The SMILES string of the molecule is Cc1cc(C(=O)N2C=C(C(=O)OC(C)C)c3nc(C)n(C)c3C(C)(C)C2)ccc1F. The van der Waals surface area contributed by atoms with E-state index in [2.05, 4.69) is 4.98 Å². The fraction of sp³-hybridized carbons (Fsp3) is 0.435. The van der Waals surface area contributed by atoms with Crippen molar-refractivity contribution in [3.8, 4) is 0 Å². The highest BCUT2D eigenvalue weighted by Crippen LogP contribution is 2.36. The van der Waals surface area contributed by atoms with Crippen LogP contribution in [0.2, 0.25) is 0 Å². The molecule has 0 fully saturated rings. The summed E-state index contributed by atoms with van der Waals surface area (Å²) in [5.41, 5.74) is 1.87. The van der Waals surface area contributed by atoms with E-state index in [1.165, 1.54) is 29.3 Å². The molecule has 7 heteroatoms. The number of aryl methyl sites for hydroxylation is 2. The number of nitrogens with zero attached hydrogens (tertiary/aromatic N) is 3. The molecule has 1 amide bonds. The van der Waals surface area contributed by atoms with Crippen molar-refractivity contribution in [3.63, 3.8) is 0 Å². The summed E-state index contributed by atoms with van der Waals surface area (Å²) >= 11 is 0. The van der Waals surface area contributed by atoms with E-state index < -0.39 is 11.4 Å². The van der Waals surface area contributed by atoms with E-state index in [0.29, 0.717) is 23.4 Å². The number of ether oxygens (including phenoxy) is 1. The molecule has 0 radical (unpaired) electrons. The van der Waals surface area contributed by atoms with Crippen LogP contribution in [0.1, 0.15) is 60.8 Å². The molecular weight excluding hydrogens is 385 g/mol. The van der Waals surface area contributed by atoms with Gasteiger partial charge < -0.3 is 14.2 Å². The van der Waals surface area contributed by atoms with Crippen LogP contribution in [0.15, 0.2) is 24.4 Å². The lowest BCUT2D eigenvalue weighted by Gasteiger charge is -2.30. The van der Waals surface area contributed by atoms with Gasteiger partial charge in [0.2, 0.25) is 0 Å². The van der Waals surface area contributed by atoms with Crippen LogP contribution in [0.5, 0.6) is 0 Å². The number of carbonyl (C=O) groups is 2. The normalized spacial score (nSPS) is 15.5. The number of esters is 1. The van der Waals surface area contributed by atoms with Gasteiger partial charge in [-0.2, -0.15) is 0 Å². The number of imidazole rings is 1. The number of hydrogen-bond acceptors (Lipinski definition) is 4.